The Morgan fingerprint density at radius 2 is 1.95 bits per heavy atom. The number of rotatable bonds is 8. The molecule has 0 aliphatic heterocycles. The predicted molar refractivity (Wildman–Crippen MR) is 81.5 cm³/mol. The molecule has 4 heteroatoms. The van der Waals surface area contributed by atoms with Crippen LogP contribution in [-0.2, 0) is 4.79 Å². The van der Waals surface area contributed by atoms with Crippen LogP contribution >= 0.6 is 0 Å². The van der Waals surface area contributed by atoms with E-state index >= 15 is 0 Å². The minimum atomic E-state index is -0.726. The van der Waals surface area contributed by atoms with Crippen molar-refractivity contribution < 1.29 is 14.6 Å². The van der Waals surface area contributed by atoms with E-state index in [0.29, 0.717) is 6.42 Å². The largest absolute Gasteiger partial charge is 0.495 e. The summed E-state index contributed by atoms with van der Waals surface area (Å²) in [5, 5.41) is 9.07. The lowest BCUT2D eigenvalue weighted by Gasteiger charge is -2.23. The number of methoxy groups -OCH3 is 1. The van der Waals surface area contributed by atoms with Gasteiger partial charge in [0.1, 0.15) is 5.75 Å². The summed E-state index contributed by atoms with van der Waals surface area (Å²) < 4.78 is 5.34. The van der Waals surface area contributed by atoms with Gasteiger partial charge in [-0.15, -0.1) is 0 Å². The molecule has 0 fully saturated rings. The number of hydrogen-bond donors (Lipinski definition) is 1. The number of carbonyl (C=O) groups is 1. The van der Waals surface area contributed by atoms with E-state index in [9.17, 15) is 4.79 Å². The van der Waals surface area contributed by atoms with Crippen molar-refractivity contribution in [2.45, 2.75) is 33.1 Å². The Morgan fingerprint density at radius 1 is 1.30 bits per heavy atom. The van der Waals surface area contributed by atoms with Crippen LogP contribution in [-0.4, -0.2) is 31.8 Å². The maximum Gasteiger partial charge on any atom is 0.309 e. The molecule has 0 atom stereocenters. The van der Waals surface area contributed by atoms with E-state index in [2.05, 4.69) is 4.90 Å². The molecular formula is C16H25NO3. The van der Waals surface area contributed by atoms with Gasteiger partial charge in [0, 0.05) is 13.6 Å². The smallest absolute Gasteiger partial charge is 0.309 e. The van der Waals surface area contributed by atoms with E-state index in [1.165, 1.54) is 0 Å². The molecule has 0 saturated carbocycles. The second-order valence-electron chi connectivity index (χ2n) is 5.74. The van der Waals surface area contributed by atoms with Gasteiger partial charge in [-0.1, -0.05) is 18.6 Å². The minimum Gasteiger partial charge on any atom is -0.495 e. The summed E-state index contributed by atoms with van der Waals surface area (Å²) in [7, 11) is 3.70. The maximum atomic E-state index is 11.0. The van der Waals surface area contributed by atoms with Crippen LogP contribution in [0.3, 0.4) is 0 Å². The summed E-state index contributed by atoms with van der Waals surface area (Å²) in [6.45, 7) is 4.44. The molecule has 1 aromatic rings. The van der Waals surface area contributed by atoms with Gasteiger partial charge < -0.3 is 14.7 Å². The second-order valence-corrected chi connectivity index (χ2v) is 5.74. The number of aliphatic carboxylic acids is 1. The topological polar surface area (TPSA) is 49.8 Å². The molecule has 1 N–H and O–H groups in total. The average Bonchev–Trinajstić information content (AvgIpc) is 2.43. The highest BCUT2D eigenvalue weighted by molar-refractivity contribution is 5.73. The monoisotopic (exact) mass is 279 g/mol. The zero-order chi connectivity index (χ0) is 15.2. The first kappa shape index (κ1) is 16.3. The molecule has 0 spiro atoms. The first-order valence-electron chi connectivity index (χ1n) is 6.96. The van der Waals surface area contributed by atoms with Crippen LogP contribution in [0.25, 0.3) is 0 Å². The van der Waals surface area contributed by atoms with Gasteiger partial charge in [0.25, 0.3) is 0 Å². The molecule has 0 aromatic heterocycles. The number of ether oxygens (including phenoxy) is 1. The molecule has 1 aromatic carbocycles. The fourth-order valence-electron chi connectivity index (χ4n) is 2.09. The Bertz CT molecular complexity index is 443. The standard InChI is InChI=1S/C16H25NO3/c1-16(2,15(18)19)11-7-8-12-17(3)13-9-5-6-10-14(13)20-4/h5-6,9-10H,7-8,11-12H2,1-4H3,(H,18,19). The summed E-state index contributed by atoms with van der Waals surface area (Å²) in [4.78, 5) is 13.2. The summed E-state index contributed by atoms with van der Waals surface area (Å²) in [6.07, 6.45) is 2.56. The summed E-state index contributed by atoms with van der Waals surface area (Å²) in [6, 6.07) is 7.91. The Balaban J connectivity index is 2.44. The number of para-hydroxylation sites is 2. The van der Waals surface area contributed by atoms with E-state index in [1.54, 1.807) is 21.0 Å². The Morgan fingerprint density at radius 3 is 2.55 bits per heavy atom. The first-order valence-corrected chi connectivity index (χ1v) is 6.96. The van der Waals surface area contributed by atoms with Gasteiger partial charge in [-0.25, -0.2) is 0 Å². The quantitative estimate of drug-likeness (QED) is 0.741. The predicted octanol–water partition coefficient (Wildman–Crippen LogP) is 3.41. The SMILES string of the molecule is COc1ccccc1N(C)CCCCC(C)(C)C(=O)O. The highest BCUT2D eigenvalue weighted by Crippen LogP contribution is 2.27. The van der Waals surface area contributed by atoms with Crippen molar-refractivity contribution in [3.63, 3.8) is 0 Å². The third-order valence-corrected chi connectivity index (χ3v) is 3.62. The number of carboxylic acids is 1. The zero-order valence-corrected chi connectivity index (χ0v) is 12.8. The molecule has 0 bridgehead atoms. The van der Waals surface area contributed by atoms with Crippen LogP contribution < -0.4 is 9.64 Å². The Kier molecular flexibility index (Phi) is 5.86. The molecule has 0 aliphatic rings. The fourth-order valence-corrected chi connectivity index (χ4v) is 2.09. The highest BCUT2D eigenvalue weighted by atomic mass is 16.5. The Labute approximate surface area is 121 Å². The lowest BCUT2D eigenvalue weighted by molar-refractivity contribution is -0.147. The van der Waals surface area contributed by atoms with E-state index in [0.717, 1.165) is 30.8 Å². The second kappa shape index (κ2) is 7.17. The molecule has 20 heavy (non-hydrogen) atoms. The number of hydrogen-bond acceptors (Lipinski definition) is 3. The summed E-state index contributed by atoms with van der Waals surface area (Å²) >= 11 is 0. The number of unbranched alkanes of at least 4 members (excludes halogenated alkanes) is 1. The zero-order valence-electron chi connectivity index (χ0n) is 12.8. The van der Waals surface area contributed by atoms with Gasteiger partial charge in [-0.3, -0.25) is 4.79 Å². The molecule has 0 unspecified atom stereocenters. The van der Waals surface area contributed by atoms with Crippen LogP contribution in [0.2, 0.25) is 0 Å². The van der Waals surface area contributed by atoms with Crippen molar-refractivity contribution >= 4 is 11.7 Å². The lowest BCUT2D eigenvalue weighted by Crippen LogP contribution is -2.24. The molecular weight excluding hydrogens is 254 g/mol. The normalized spacial score (nSPS) is 11.2. The third-order valence-electron chi connectivity index (χ3n) is 3.62. The van der Waals surface area contributed by atoms with Crippen molar-refractivity contribution in [3.8, 4) is 5.75 Å². The number of benzene rings is 1. The molecule has 0 heterocycles. The van der Waals surface area contributed by atoms with E-state index in [1.807, 2.05) is 31.3 Å². The van der Waals surface area contributed by atoms with Crippen molar-refractivity contribution in [2.75, 3.05) is 25.6 Å². The van der Waals surface area contributed by atoms with Crippen LogP contribution in [0.15, 0.2) is 24.3 Å². The third kappa shape index (κ3) is 4.44. The number of nitrogens with zero attached hydrogens (tertiary/aromatic N) is 1. The summed E-state index contributed by atoms with van der Waals surface area (Å²) in [5.41, 5.74) is 0.427. The van der Waals surface area contributed by atoms with E-state index in [-0.39, 0.29) is 0 Å². The maximum absolute atomic E-state index is 11.0. The summed E-state index contributed by atoms with van der Waals surface area (Å²) in [5.74, 6) is 0.136. The van der Waals surface area contributed by atoms with Crippen LogP contribution in [0.1, 0.15) is 33.1 Å². The average molecular weight is 279 g/mol. The van der Waals surface area contributed by atoms with Crippen LogP contribution in [0, 0.1) is 5.41 Å². The van der Waals surface area contributed by atoms with Gasteiger partial charge in [-0.05, 0) is 38.8 Å². The number of carboxylic acid groups (broad SMARTS) is 1. The van der Waals surface area contributed by atoms with Crippen molar-refractivity contribution in [1.82, 2.24) is 0 Å². The molecule has 0 saturated heterocycles. The van der Waals surface area contributed by atoms with E-state index < -0.39 is 11.4 Å². The number of anilines is 1. The fraction of sp³-hybridized carbons (Fsp3) is 0.562. The molecule has 1 rings (SSSR count). The molecule has 0 amide bonds. The van der Waals surface area contributed by atoms with Gasteiger partial charge in [-0.2, -0.15) is 0 Å². The highest BCUT2D eigenvalue weighted by Gasteiger charge is 2.26. The first-order chi connectivity index (χ1) is 9.38. The van der Waals surface area contributed by atoms with E-state index in [4.69, 9.17) is 9.84 Å². The van der Waals surface area contributed by atoms with Crippen molar-refractivity contribution in [2.24, 2.45) is 5.41 Å². The van der Waals surface area contributed by atoms with Crippen LogP contribution in [0.4, 0.5) is 5.69 Å². The van der Waals surface area contributed by atoms with Gasteiger partial charge in [0.15, 0.2) is 0 Å². The minimum absolute atomic E-state index is 0.636. The van der Waals surface area contributed by atoms with Crippen LogP contribution in [0.5, 0.6) is 5.75 Å². The van der Waals surface area contributed by atoms with Gasteiger partial charge >= 0.3 is 5.97 Å². The van der Waals surface area contributed by atoms with Gasteiger partial charge in [0.2, 0.25) is 0 Å². The van der Waals surface area contributed by atoms with Gasteiger partial charge in [0.05, 0.1) is 18.2 Å². The molecule has 112 valence electrons. The van der Waals surface area contributed by atoms with Crippen molar-refractivity contribution in [1.29, 1.82) is 0 Å². The Hall–Kier alpha value is -1.71. The molecule has 0 radical (unpaired) electrons. The molecule has 0 aliphatic carbocycles. The molecule has 4 nitrogen and oxygen atoms in total. The lowest BCUT2D eigenvalue weighted by atomic mass is 9.87. The van der Waals surface area contributed by atoms with Crippen molar-refractivity contribution in [3.05, 3.63) is 24.3 Å².